The summed E-state index contributed by atoms with van der Waals surface area (Å²) in [6.07, 6.45) is -4.56. The number of ether oxygens (including phenoxy) is 2. The van der Waals surface area contributed by atoms with Gasteiger partial charge in [0.1, 0.15) is 42.1 Å². The van der Waals surface area contributed by atoms with Gasteiger partial charge >= 0.3 is 6.18 Å². The molecule has 5 heterocycles. The molecule has 4 aliphatic rings. The number of nitriles is 1. The molecule has 2 aromatic heterocycles. The molecule has 406 valence electrons. The average molecular weight is 1080 g/mol. The van der Waals surface area contributed by atoms with Crippen molar-refractivity contribution in [2.75, 3.05) is 50.8 Å². The Balaban J connectivity index is 0.780. The van der Waals surface area contributed by atoms with Gasteiger partial charge in [-0.05, 0) is 66.4 Å². The van der Waals surface area contributed by atoms with E-state index in [-0.39, 0.29) is 54.9 Å². The lowest BCUT2D eigenvalue weighted by atomic mass is 9.49. The molecule has 1 saturated carbocycles. The van der Waals surface area contributed by atoms with Gasteiger partial charge in [-0.3, -0.25) is 24.1 Å². The predicted molar refractivity (Wildman–Crippen MR) is 283 cm³/mol. The van der Waals surface area contributed by atoms with Crippen molar-refractivity contribution in [2.24, 2.45) is 16.7 Å². The van der Waals surface area contributed by atoms with E-state index < -0.39 is 58.3 Å². The number of carbonyl (C=O) groups is 4. The van der Waals surface area contributed by atoms with Crippen molar-refractivity contribution in [3.8, 4) is 28.0 Å². The van der Waals surface area contributed by atoms with Gasteiger partial charge in [-0.2, -0.15) is 18.4 Å². The molecule has 1 unspecified atom stereocenters. The number of alkyl halides is 3. The van der Waals surface area contributed by atoms with E-state index in [1.54, 1.807) is 40.9 Å². The van der Waals surface area contributed by atoms with Crippen molar-refractivity contribution in [1.82, 2.24) is 35.3 Å². The maximum Gasteiger partial charge on any atom is 0.417 e. The number of β-amino-alcohol motifs (C(OH)–C–C–N with tert-alkyl or cyclic N) is 1. The van der Waals surface area contributed by atoms with Crippen molar-refractivity contribution >= 4 is 40.8 Å². The second-order valence-corrected chi connectivity index (χ2v) is 22.8. The number of amides is 4. The SMILES string of the molecule is Cc1ncsc1-c1ccc(CNC(=O)[C@@H]2C[C@@H](O)CN2C(=O)C(C(C)C)N2Cc3ccccc3C2=O)c(OCCN2CCN(c3ccc(C(=O)NC4C(C)(C)C(Oc5ccc(C#N)c(C(F)(F)F)c5)C4(C)C)cn3)CC2)c1. The van der Waals surface area contributed by atoms with Crippen molar-refractivity contribution in [2.45, 2.75) is 104 Å². The number of aliphatic hydroxyl groups is 1. The zero-order valence-corrected chi connectivity index (χ0v) is 45.0. The normalized spacial score (nSPS) is 21.3. The van der Waals surface area contributed by atoms with Crippen LogP contribution in [0.4, 0.5) is 19.0 Å². The van der Waals surface area contributed by atoms with Gasteiger partial charge in [0.25, 0.3) is 11.8 Å². The van der Waals surface area contributed by atoms with E-state index in [2.05, 4.69) is 30.4 Å². The van der Waals surface area contributed by atoms with Gasteiger partial charge in [0.05, 0.1) is 44.9 Å². The van der Waals surface area contributed by atoms with E-state index in [9.17, 15) is 42.7 Å². The number of aliphatic hydroxyl groups excluding tert-OH is 1. The topological polar surface area (TPSA) is 194 Å². The Kier molecular flexibility index (Phi) is 15.4. The van der Waals surface area contributed by atoms with Gasteiger partial charge in [0.2, 0.25) is 11.8 Å². The standard InChI is InChI=1S/C57H64F3N9O7S/c1-33(2)47(69-30-39-10-8-9-11-42(39)51(69)73)52(74)68-31-40(70)25-44(68)50(72)63-28-37-13-12-35(48-34(3)64-32-77-48)24-45(37)75-23-22-66-18-20-67(21-19-66)46-17-15-38(29-62-46)49(71)65-53-55(4,5)54(56(53,6)7)76-41-16-14-36(27-61)43(26-41)57(58,59)60/h8-17,24,26,29,32-33,40,44,47,53-54,70H,18-23,25,28,30-31H2,1-7H3,(H,63,72)(H,65,71)/t40-,44+,47?,53?,54?/m1/s1. The summed E-state index contributed by atoms with van der Waals surface area (Å²) in [5.41, 5.74) is 3.25. The van der Waals surface area contributed by atoms with Gasteiger partial charge in [-0.15, -0.1) is 11.3 Å². The third-order valence-electron chi connectivity index (χ3n) is 15.6. The molecule has 16 nitrogen and oxygen atoms in total. The molecule has 9 rings (SSSR count). The fourth-order valence-corrected chi connectivity index (χ4v) is 12.7. The van der Waals surface area contributed by atoms with Crippen LogP contribution in [0.25, 0.3) is 10.4 Å². The highest BCUT2D eigenvalue weighted by Gasteiger charge is 2.64. The number of hydrogen-bond acceptors (Lipinski definition) is 13. The van der Waals surface area contributed by atoms with E-state index >= 15 is 0 Å². The molecule has 3 fully saturated rings. The number of aryl methyl sites for hydroxylation is 1. The molecule has 3 aliphatic heterocycles. The number of rotatable bonds is 16. The average Bonchev–Trinajstić information content (AvgIpc) is 4.12. The van der Waals surface area contributed by atoms with Gasteiger partial charge in [-0.25, -0.2) is 9.97 Å². The van der Waals surface area contributed by atoms with Crippen LogP contribution in [0.3, 0.4) is 0 Å². The Morgan fingerprint density at radius 1 is 0.974 bits per heavy atom. The largest absolute Gasteiger partial charge is 0.492 e. The molecule has 0 bridgehead atoms. The van der Waals surface area contributed by atoms with Crippen molar-refractivity contribution in [3.63, 3.8) is 0 Å². The Hall–Kier alpha value is -7.08. The van der Waals surface area contributed by atoms with Gasteiger partial charge in [-0.1, -0.05) is 71.9 Å². The molecule has 4 amide bonds. The molecule has 0 spiro atoms. The number of halogens is 3. The van der Waals surface area contributed by atoms with Gasteiger partial charge in [0, 0.05) is 93.0 Å². The Morgan fingerprint density at radius 2 is 1.71 bits per heavy atom. The van der Waals surface area contributed by atoms with Gasteiger partial charge in [0.15, 0.2) is 0 Å². The highest BCUT2D eigenvalue weighted by atomic mass is 32.1. The summed E-state index contributed by atoms with van der Waals surface area (Å²) in [5.74, 6) is -0.269. The van der Waals surface area contributed by atoms with Crippen LogP contribution in [0.2, 0.25) is 0 Å². The third-order valence-corrected chi connectivity index (χ3v) is 16.6. The monoisotopic (exact) mass is 1080 g/mol. The minimum Gasteiger partial charge on any atom is -0.492 e. The zero-order chi connectivity index (χ0) is 55.1. The number of carbonyl (C=O) groups excluding carboxylic acids is 4. The summed E-state index contributed by atoms with van der Waals surface area (Å²) in [7, 11) is 0. The first-order valence-electron chi connectivity index (χ1n) is 25.9. The van der Waals surface area contributed by atoms with Crippen LogP contribution in [-0.2, 0) is 28.9 Å². The maximum atomic E-state index is 14.3. The molecular formula is C57H64F3N9O7S. The number of fused-ring (bicyclic) bond motifs is 1. The summed E-state index contributed by atoms with van der Waals surface area (Å²) >= 11 is 1.52. The summed E-state index contributed by atoms with van der Waals surface area (Å²) in [5, 5.41) is 26.2. The predicted octanol–water partition coefficient (Wildman–Crippen LogP) is 7.48. The van der Waals surface area contributed by atoms with Crippen molar-refractivity contribution < 1.29 is 46.9 Å². The van der Waals surface area contributed by atoms with Crippen LogP contribution in [0.15, 0.2) is 84.5 Å². The number of pyridine rings is 1. The Morgan fingerprint density at radius 3 is 2.36 bits per heavy atom. The number of nitrogens with zero attached hydrogens (tertiary/aromatic N) is 7. The summed E-state index contributed by atoms with van der Waals surface area (Å²) in [6, 6.07) is 19.5. The number of nitrogens with one attached hydrogen (secondary N) is 2. The Labute approximate surface area is 450 Å². The summed E-state index contributed by atoms with van der Waals surface area (Å²) in [6.45, 7) is 17.5. The molecule has 0 radical (unpaired) electrons. The number of benzene rings is 3. The lowest BCUT2D eigenvalue weighted by Gasteiger charge is -2.63. The van der Waals surface area contributed by atoms with Crippen molar-refractivity contribution in [1.29, 1.82) is 5.26 Å². The smallest absolute Gasteiger partial charge is 0.417 e. The molecule has 2 saturated heterocycles. The zero-order valence-electron chi connectivity index (χ0n) is 44.2. The lowest BCUT2D eigenvalue weighted by Crippen LogP contribution is -2.74. The molecule has 3 N–H and O–H groups in total. The lowest BCUT2D eigenvalue weighted by molar-refractivity contribution is -0.164. The fourth-order valence-electron chi connectivity index (χ4n) is 11.9. The molecule has 3 aromatic carbocycles. The van der Waals surface area contributed by atoms with Crippen LogP contribution in [0.5, 0.6) is 11.5 Å². The van der Waals surface area contributed by atoms with Crippen LogP contribution in [0, 0.1) is 35.0 Å². The molecule has 20 heteroatoms. The molecule has 1 aliphatic carbocycles. The first-order chi connectivity index (χ1) is 36.6. The first-order valence-corrected chi connectivity index (χ1v) is 26.8. The number of aromatic nitrogens is 2. The summed E-state index contributed by atoms with van der Waals surface area (Å²) < 4.78 is 53.7. The van der Waals surface area contributed by atoms with Crippen LogP contribution in [0.1, 0.15) is 96.6 Å². The van der Waals surface area contributed by atoms with Crippen LogP contribution >= 0.6 is 11.3 Å². The number of thiazole rings is 1. The van der Waals surface area contributed by atoms with E-state index in [4.69, 9.17) is 9.47 Å². The molecule has 3 atom stereocenters. The second-order valence-electron chi connectivity index (χ2n) is 21.9. The molecule has 5 aromatic rings. The third kappa shape index (κ3) is 11.1. The molecular weight excluding hydrogens is 1010 g/mol. The van der Waals surface area contributed by atoms with Crippen LogP contribution < -0.4 is 25.0 Å². The number of hydrogen-bond donors (Lipinski definition) is 3. The van der Waals surface area contributed by atoms with Gasteiger partial charge < -0.3 is 39.9 Å². The quantitative estimate of drug-likeness (QED) is 0.0884. The molecule has 77 heavy (non-hydrogen) atoms. The number of piperazine rings is 1. The van der Waals surface area contributed by atoms with E-state index in [1.165, 1.54) is 22.3 Å². The maximum absolute atomic E-state index is 14.3. The number of likely N-dealkylation sites (tertiary alicyclic amines) is 1. The highest BCUT2D eigenvalue weighted by Crippen LogP contribution is 2.56. The second kappa shape index (κ2) is 21.7. The minimum absolute atomic E-state index is 0.00613. The highest BCUT2D eigenvalue weighted by molar-refractivity contribution is 7.13. The Bertz CT molecular complexity index is 3060. The van der Waals surface area contributed by atoms with Crippen molar-refractivity contribution in [3.05, 3.63) is 124 Å². The minimum atomic E-state index is -4.72. The van der Waals surface area contributed by atoms with E-state index in [1.807, 2.05) is 84.9 Å². The number of anilines is 1. The van der Waals surface area contributed by atoms with Crippen LogP contribution in [-0.4, -0.2) is 130 Å². The fraction of sp³-hybridized carbons (Fsp3) is 0.456. The van der Waals surface area contributed by atoms with E-state index in [0.29, 0.717) is 49.7 Å². The first kappa shape index (κ1) is 54.7. The summed E-state index contributed by atoms with van der Waals surface area (Å²) in [4.78, 5) is 73.0. The van der Waals surface area contributed by atoms with E-state index in [0.717, 1.165) is 58.3 Å².